The number of Topliss-reactive ketones (excluding diaryl/α,β-unsaturated/α-hetero) is 1. The van der Waals surface area contributed by atoms with Crippen molar-refractivity contribution in [3.8, 4) is 0 Å². The zero-order valence-electron chi connectivity index (χ0n) is 6.44. The van der Waals surface area contributed by atoms with E-state index in [2.05, 4.69) is 9.72 Å². The highest BCUT2D eigenvalue weighted by atomic mass is 32.1. The molecule has 0 saturated carbocycles. The number of ether oxygens (including phenoxy) is 1. The number of aromatic nitrogens is 1. The molecule has 5 heteroatoms. The van der Waals surface area contributed by atoms with Gasteiger partial charge in [0.05, 0.1) is 7.11 Å². The Morgan fingerprint density at radius 2 is 2.42 bits per heavy atom. The number of carbonyl (C=O) groups excluding carboxylic acids is 2. The van der Waals surface area contributed by atoms with E-state index in [0.29, 0.717) is 5.01 Å². The van der Waals surface area contributed by atoms with Crippen LogP contribution in [0.4, 0.5) is 0 Å². The predicted molar refractivity (Wildman–Crippen MR) is 43.1 cm³/mol. The fourth-order valence-electron chi connectivity index (χ4n) is 0.640. The Morgan fingerprint density at radius 3 is 2.92 bits per heavy atom. The quantitative estimate of drug-likeness (QED) is 0.398. The van der Waals surface area contributed by atoms with E-state index in [1.54, 1.807) is 5.38 Å². The van der Waals surface area contributed by atoms with Gasteiger partial charge in [0, 0.05) is 11.6 Å². The van der Waals surface area contributed by atoms with Crippen molar-refractivity contribution in [1.29, 1.82) is 0 Å². The molecule has 0 atom stereocenters. The molecule has 4 nitrogen and oxygen atoms in total. The number of hydrogen-bond donors (Lipinski definition) is 0. The van der Waals surface area contributed by atoms with Crippen molar-refractivity contribution in [3.63, 3.8) is 0 Å². The van der Waals surface area contributed by atoms with Gasteiger partial charge in [0.25, 0.3) is 0 Å². The van der Waals surface area contributed by atoms with Crippen LogP contribution in [0.5, 0.6) is 0 Å². The predicted octanol–water partition coefficient (Wildman–Crippen LogP) is 0.889. The van der Waals surface area contributed by atoms with Gasteiger partial charge in [-0.05, 0) is 0 Å². The molecule has 0 amide bonds. The molecule has 0 aliphatic heterocycles. The second kappa shape index (κ2) is 3.96. The van der Waals surface area contributed by atoms with E-state index in [4.69, 9.17) is 0 Å². The van der Waals surface area contributed by atoms with Gasteiger partial charge in [-0.15, -0.1) is 11.3 Å². The lowest BCUT2D eigenvalue weighted by atomic mass is 10.3. The van der Waals surface area contributed by atoms with E-state index in [1.165, 1.54) is 24.6 Å². The van der Waals surface area contributed by atoms with Gasteiger partial charge < -0.3 is 4.74 Å². The third-order valence-electron chi connectivity index (χ3n) is 1.20. The summed E-state index contributed by atoms with van der Waals surface area (Å²) in [5.74, 6) is -0.827. The van der Waals surface area contributed by atoms with Gasteiger partial charge >= 0.3 is 5.97 Å². The van der Waals surface area contributed by atoms with Crippen molar-refractivity contribution >= 4 is 23.1 Å². The summed E-state index contributed by atoms with van der Waals surface area (Å²) in [6.45, 7) is 0. The van der Waals surface area contributed by atoms with Gasteiger partial charge in [-0.2, -0.15) is 0 Å². The van der Waals surface area contributed by atoms with Crippen LogP contribution in [0.2, 0.25) is 0 Å². The Kier molecular flexibility index (Phi) is 2.93. The zero-order valence-corrected chi connectivity index (χ0v) is 7.26. The first-order chi connectivity index (χ1) is 5.74. The third kappa shape index (κ3) is 2.13. The second-order valence-corrected chi connectivity index (χ2v) is 2.91. The highest BCUT2D eigenvalue weighted by Crippen LogP contribution is 2.07. The number of carbonyl (C=O) groups is 2. The summed E-state index contributed by atoms with van der Waals surface area (Å²) in [5, 5.41) is 2.03. The molecule has 64 valence electrons. The summed E-state index contributed by atoms with van der Waals surface area (Å²) >= 11 is 1.22. The molecule has 1 aromatic rings. The first-order valence-corrected chi connectivity index (χ1v) is 4.11. The Labute approximate surface area is 73.2 Å². The molecule has 0 aliphatic carbocycles. The molecule has 0 saturated heterocycles. The molecule has 0 radical (unpaired) electrons. The minimum Gasteiger partial charge on any atom is -0.469 e. The van der Waals surface area contributed by atoms with Crippen LogP contribution in [0.3, 0.4) is 0 Å². The van der Waals surface area contributed by atoms with Crippen LogP contribution in [-0.2, 0) is 9.53 Å². The minimum absolute atomic E-state index is 0.232. The van der Waals surface area contributed by atoms with Crippen LogP contribution in [0.15, 0.2) is 11.6 Å². The van der Waals surface area contributed by atoms with Gasteiger partial charge in [-0.3, -0.25) is 9.59 Å². The van der Waals surface area contributed by atoms with Crippen LogP contribution in [-0.4, -0.2) is 23.8 Å². The van der Waals surface area contributed by atoms with Gasteiger partial charge in [0.15, 0.2) is 5.01 Å². The topological polar surface area (TPSA) is 56.3 Å². The molecule has 0 unspecified atom stereocenters. The molecule has 0 N–H and O–H groups in total. The van der Waals surface area contributed by atoms with E-state index in [9.17, 15) is 9.59 Å². The third-order valence-corrected chi connectivity index (χ3v) is 2.02. The maximum Gasteiger partial charge on any atom is 0.313 e. The SMILES string of the molecule is COC(=O)CC(=O)c1nccs1. The van der Waals surface area contributed by atoms with Gasteiger partial charge in [-0.25, -0.2) is 4.98 Å². The summed E-state index contributed by atoms with van der Waals surface area (Å²) in [6, 6.07) is 0. The summed E-state index contributed by atoms with van der Waals surface area (Å²) in [6.07, 6.45) is 1.29. The Bertz CT molecular complexity index is 281. The summed E-state index contributed by atoms with van der Waals surface area (Å²) in [4.78, 5) is 25.5. The van der Waals surface area contributed by atoms with Crippen LogP contribution in [0.1, 0.15) is 16.2 Å². The molecule has 0 spiro atoms. The van der Waals surface area contributed by atoms with Crippen molar-refractivity contribution in [2.24, 2.45) is 0 Å². The largest absolute Gasteiger partial charge is 0.469 e. The number of thiazole rings is 1. The van der Waals surface area contributed by atoms with Crippen LogP contribution >= 0.6 is 11.3 Å². The minimum atomic E-state index is -0.532. The maximum absolute atomic E-state index is 11.1. The summed E-state index contributed by atoms with van der Waals surface area (Å²) < 4.78 is 4.34. The Hall–Kier alpha value is -1.23. The second-order valence-electron chi connectivity index (χ2n) is 2.01. The number of methoxy groups -OCH3 is 1. The lowest BCUT2D eigenvalue weighted by Gasteiger charge is -1.94. The molecule has 0 aromatic carbocycles. The molecule has 0 fully saturated rings. The fourth-order valence-corrected chi connectivity index (χ4v) is 1.22. The van der Waals surface area contributed by atoms with Crippen LogP contribution in [0.25, 0.3) is 0 Å². The van der Waals surface area contributed by atoms with E-state index < -0.39 is 5.97 Å². The van der Waals surface area contributed by atoms with E-state index >= 15 is 0 Å². The van der Waals surface area contributed by atoms with Crippen molar-refractivity contribution in [1.82, 2.24) is 4.98 Å². The Morgan fingerprint density at radius 1 is 1.67 bits per heavy atom. The van der Waals surface area contributed by atoms with E-state index in [-0.39, 0.29) is 12.2 Å². The number of nitrogens with zero attached hydrogens (tertiary/aromatic N) is 1. The van der Waals surface area contributed by atoms with Gasteiger partial charge in [-0.1, -0.05) is 0 Å². The molecular formula is C7H7NO3S. The highest BCUT2D eigenvalue weighted by Gasteiger charge is 2.13. The average molecular weight is 185 g/mol. The van der Waals surface area contributed by atoms with Crippen LogP contribution < -0.4 is 0 Å². The lowest BCUT2D eigenvalue weighted by Crippen LogP contribution is -2.08. The molecule has 12 heavy (non-hydrogen) atoms. The zero-order chi connectivity index (χ0) is 8.97. The molecule has 0 bridgehead atoms. The van der Waals surface area contributed by atoms with Crippen molar-refractivity contribution in [3.05, 3.63) is 16.6 Å². The number of hydrogen-bond acceptors (Lipinski definition) is 5. The lowest BCUT2D eigenvalue weighted by molar-refractivity contribution is -0.139. The monoisotopic (exact) mass is 185 g/mol. The van der Waals surface area contributed by atoms with E-state index in [1.807, 2.05) is 0 Å². The first-order valence-electron chi connectivity index (χ1n) is 3.23. The summed E-state index contributed by atoms with van der Waals surface area (Å²) in [7, 11) is 1.25. The maximum atomic E-state index is 11.1. The normalized spacial score (nSPS) is 9.42. The van der Waals surface area contributed by atoms with Gasteiger partial charge in [0.1, 0.15) is 6.42 Å². The average Bonchev–Trinajstić information content (AvgIpc) is 2.56. The van der Waals surface area contributed by atoms with E-state index in [0.717, 1.165) is 0 Å². The standard InChI is InChI=1S/C7H7NO3S/c1-11-6(10)4-5(9)7-8-2-3-12-7/h2-3H,4H2,1H3. The highest BCUT2D eigenvalue weighted by molar-refractivity contribution is 7.11. The Balaban J connectivity index is 2.56. The number of esters is 1. The number of rotatable bonds is 3. The van der Waals surface area contributed by atoms with Gasteiger partial charge in [0.2, 0.25) is 5.78 Å². The van der Waals surface area contributed by atoms with Crippen molar-refractivity contribution in [2.45, 2.75) is 6.42 Å². The van der Waals surface area contributed by atoms with Crippen molar-refractivity contribution < 1.29 is 14.3 Å². The first kappa shape index (κ1) is 8.86. The summed E-state index contributed by atoms with van der Waals surface area (Å²) in [5.41, 5.74) is 0. The molecule has 1 heterocycles. The van der Waals surface area contributed by atoms with Crippen molar-refractivity contribution in [2.75, 3.05) is 7.11 Å². The molecule has 1 rings (SSSR count). The van der Waals surface area contributed by atoms with Crippen LogP contribution in [0, 0.1) is 0 Å². The molecule has 1 aromatic heterocycles. The fraction of sp³-hybridized carbons (Fsp3) is 0.286. The number of ketones is 1. The molecular weight excluding hydrogens is 178 g/mol. The molecule has 0 aliphatic rings. The smallest absolute Gasteiger partial charge is 0.313 e.